The zero-order chi connectivity index (χ0) is 17.3. The lowest BCUT2D eigenvalue weighted by Gasteiger charge is -2.12. The predicted octanol–water partition coefficient (Wildman–Crippen LogP) is 2.62. The van der Waals surface area contributed by atoms with Gasteiger partial charge in [0.15, 0.2) is 0 Å². The highest BCUT2D eigenvalue weighted by molar-refractivity contribution is 6.33. The fraction of sp³-hybridized carbons (Fsp3) is 0.118. The van der Waals surface area contributed by atoms with Crippen molar-refractivity contribution in [3.05, 3.63) is 70.3 Å². The van der Waals surface area contributed by atoms with E-state index in [-0.39, 0.29) is 16.3 Å². The van der Waals surface area contributed by atoms with E-state index >= 15 is 0 Å². The zero-order valence-corrected chi connectivity index (χ0v) is 13.7. The maximum absolute atomic E-state index is 11.5. The minimum Gasteiger partial charge on any atom is -0.506 e. The molecule has 1 amide bonds. The molecule has 0 bridgehead atoms. The first-order valence-electron chi connectivity index (χ1n) is 7.22. The lowest BCUT2D eigenvalue weighted by atomic mass is 9.97. The highest BCUT2D eigenvalue weighted by atomic mass is 35.5. The minimum absolute atomic E-state index is 0.0276. The summed E-state index contributed by atoms with van der Waals surface area (Å²) in [4.78, 5) is 15.4. The predicted molar refractivity (Wildman–Crippen MR) is 90.5 cm³/mol. The Morgan fingerprint density at radius 3 is 2.62 bits per heavy atom. The Labute approximate surface area is 143 Å². The summed E-state index contributed by atoms with van der Waals surface area (Å²) in [6, 6.07) is 9.36. The van der Waals surface area contributed by atoms with E-state index in [2.05, 4.69) is 10.1 Å². The third-order valence-electron chi connectivity index (χ3n) is 3.87. The Morgan fingerprint density at radius 2 is 2.04 bits per heavy atom. The van der Waals surface area contributed by atoms with E-state index in [9.17, 15) is 9.90 Å². The van der Waals surface area contributed by atoms with Gasteiger partial charge in [-0.05, 0) is 48.2 Å². The summed E-state index contributed by atoms with van der Waals surface area (Å²) in [5.74, 6) is -0.982. The Balaban J connectivity index is 1.92. The molecule has 0 aliphatic heterocycles. The average Bonchev–Trinajstić information content (AvgIpc) is 3.10. The minimum atomic E-state index is -0.711. The van der Waals surface area contributed by atoms with Crippen LogP contribution in [0.5, 0.6) is 5.75 Å². The monoisotopic (exact) mass is 342 g/mol. The molecule has 7 heteroatoms. The zero-order valence-electron chi connectivity index (χ0n) is 12.9. The van der Waals surface area contributed by atoms with E-state index in [0.717, 1.165) is 22.4 Å². The molecule has 0 aliphatic rings. The maximum Gasteiger partial charge on any atom is 0.252 e. The number of hydrogen-bond acceptors (Lipinski definition) is 4. The number of benzene rings is 2. The molecule has 122 valence electrons. The van der Waals surface area contributed by atoms with Crippen LogP contribution in [-0.2, 0) is 6.42 Å². The van der Waals surface area contributed by atoms with Gasteiger partial charge in [0.25, 0.3) is 5.91 Å². The number of carbonyl (C=O) groups is 1. The van der Waals surface area contributed by atoms with Crippen molar-refractivity contribution < 1.29 is 9.90 Å². The lowest BCUT2D eigenvalue weighted by Crippen LogP contribution is -2.12. The van der Waals surface area contributed by atoms with E-state index in [1.807, 2.05) is 24.3 Å². The number of rotatable bonds is 4. The molecule has 0 radical (unpaired) electrons. The molecule has 0 saturated carbocycles. The van der Waals surface area contributed by atoms with Gasteiger partial charge in [-0.2, -0.15) is 5.10 Å². The van der Waals surface area contributed by atoms with Crippen molar-refractivity contribution in [3.8, 4) is 11.4 Å². The smallest absolute Gasteiger partial charge is 0.252 e. The first kappa shape index (κ1) is 16.0. The molecule has 0 spiro atoms. The van der Waals surface area contributed by atoms with Gasteiger partial charge in [-0.3, -0.25) is 4.79 Å². The van der Waals surface area contributed by atoms with Crippen molar-refractivity contribution in [1.82, 2.24) is 14.8 Å². The van der Waals surface area contributed by atoms with Crippen molar-refractivity contribution in [2.45, 2.75) is 13.3 Å². The van der Waals surface area contributed by atoms with Crippen LogP contribution in [0.3, 0.4) is 0 Å². The highest BCUT2D eigenvalue weighted by Crippen LogP contribution is 2.34. The van der Waals surface area contributed by atoms with Gasteiger partial charge in [0, 0.05) is 0 Å². The molecule has 1 aromatic heterocycles. The maximum atomic E-state index is 11.5. The van der Waals surface area contributed by atoms with Gasteiger partial charge in [-0.25, -0.2) is 9.67 Å². The van der Waals surface area contributed by atoms with E-state index in [0.29, 0.717) is 6.42 Å². The first-order chi connectivity index (χ1) is 11.5. The van der Waals surface area contributed by atoms with Crippen molar-refractivity contribution in [2.24, 2.45) is 5.73 Å². The first-order valence-corrected chi connectivity index (χ1v) is 7.60. The van der Waals surface area contributed by atoms with Crippen LogP contribution in [0.25, 0.3) is 5.69 Å². The standard InChI is InChI=1S/C17H15ClN4O2/c1-10-12(7-14(17(19)24)16(23)15(10)18)6-11-2-4-13(5-3-11)22-9-20-8-21-22/h2-5,7-9,23H,6H2,1H3,(H2,19,24). The van der Waals surface area contributed by atoms with Crippen LogP contribution < -0.4 is 5.73 Å². The van der Waals surface area contributed by atoms with Crippen LogP contribution in [0.15, 0.2) is 43.0 Å². The summed E-state index contributed by atoms with van der Waals surface area (Å²) in [6.07, 6.45) is 3.66. The molecule has 3 rings (SSSR count). The van der Waals surface area contributed by atoms with Crippen molar-refractivity contribution in [3.63, 3.8) is 0 Å². The number of halogens is 1. The summed E-state index contributed by atoms with van der Waals surface area (Å²) in [7, 11) is 0. The molecule has 6 nitrogen and oxygen atoms in total. The fourth-order valence-electron chi connectivity index (χ4n) is 2.49. The van der Waals surface area contributed by atoms with E-state index in [1.54, 1.807) is 24.0 Å². The molecule has 0 fully saturated rings. The van der Waals surface area contributed by atoms with E-state index < -0.39 is 5.91 Å². The molecule has 2 aromatic carbocycles. The van der Waals surface area contributed by atoms with E-state index in [1.165, 1.54) is 6.33 Å². The summed E-state index contributed by atoms with van der Waals surface area (Å²) in [5.41, 5.74) is 8.80. The summed E-state index contributed by atoms with van der Waals surface area (Å²) in [6.45, 7) is 1.80. The second-order valence-electron chi connectivity index (χ2n) is 5.42. The third-order valence-corrected chi connectivity index (χ3v) is 4.33. The van der Waals surface area contributed by atoms with Crippen molar-refractivity contribution >= 4 is 17.5 Å². The molecular formula is C17H15ClN4O2. The summed E-state index contributed by atoms with van der Waals surface area (Å²) >= 11 is 6.11. The Hall–Kier alpha value is -2.86. The fourth-order valence-corrected chi connectivity index (χ4v) is 2.71. The van der Waals surface area contributed by atoms with Crippen LogP contribution in [0.1, 0.15) is 27.0 Å². The molecule has 24 heavy (non-hydrogen) atoms. The quantitative estimate of drug-likeness (QED) is 0.762. The molecular weight excluding hydrogens is 328 g/mol. The van der Waals surface area contributed by atoms with Gasteiger partial charge in [0.05, 0.1) is 16.3 Å². The van der Waals surface area contributed by atoms with E-state index in [4.69, 9.17) is 17.3 Å². The molecule has 3 aromatic rings. The second-order valence-corrected chi connectivity index (χ2v) is 5.80. The Bertz CT molecular complexity index is 890. The normalized spacial score (nSPS) is 10.8. The number of carbonyl (C=O) groups excluding carboxylic acids is 1. The second kappa shape index (κ2) is 6.33. The largest absolute Gasteiger partial charge is 0.506 e. The molecule has 3 N–H and O–H groups in total. The third kappa shape index (κ3) is 2.96. The van der Waals surface area contributed by atoms with Gasteiger partial charge in [-0.1, -0.05) is 23.7 Å². The van der Waals surface area contributed by atoms with Crippen LogP contribution >= 0.6 is 11.6 Å². The average molecular weight is 343 g/mol. The van der Waals surface area contributed by atoms with Crippen LogP contribution in [0.4, 0.5) is 0 Å². The molecule has 0 saturated heterocycles. The molecule has 1 heterocycles. The lowest BCUT2D eigenvalue weighted by molar-refractivity contribution is 0.0997. The topological polar surface area (TPSA) is 94.0 Å². The summed E-state index contributed by atoms with van der Waals surface area (Å²) < 4.78 is 1.66. The SMILES string of the molecule is Cc1c(Cc2ccc(-n3cncn3)cc2)cc(C(N)=O)c(O)c1Cl. The number of amides is 1. The Morgan fingerprint density at radius 1 is 1.33 bits per heavy atom. The van der Waals surface area contributed by atoms with Gasteiger partial charge in [0.2, 0.25) is 0 Å². The van der Waals surface area contributed by atoms with Crippen LogP contribution in [-0.4, -0.2) is 25.8 Å². The number of phenols is 1. The van der Waals surface area contributed by atoms with Crippen LogP contribution in [0, 0.1) is 6.92 Å². The van der Waals surface area contributed by atoms with Crippen molar-refractivity contribution in [1.29, 1.82) is 0 Å². The molecule has 0 unspecified atom stereocenters. The number of primary amides is 1. The van der Waals surface area contributed by atoms with Crippen LogP contribution in [0.2, 0.25) is 5.02 Å². The number of aromatic nitrogens is 3. The Kier molecular flexibility index (Phi) is 4.22. The van der Waals surface area contributed by atoms with Gasteiger partial charge in [0.1, 0.15) is 18.4 Å². The molecule has 0 aliphatic carbocycles. The number of nitrogens with two attached hydrogens (primary N) is 1. The summed E-state index contributed by atoms with van der Waals surface area (Å²) in [5, 5.41) is 14.2. The van der Waals surface area contributed by atoms with Gasteiger partial charge >= 0.3 is 0 Å². The van der Waals surface area contributed by atoms with Gasteiger partial charge < -0.3 is 10.8 Å². The van der Waals surface area contributed by atoms with Crippen molar-refractivity contribution in [2.75, 3.05) is 0 Å². The number of aromatic hydroxyl groups is 1. The van der Waals surface area contributed by atoms with Gasteiger partial charge in [-0.15, -0.1) is 0 Å². The molecule has 0 atom stereocenters. The highest BCUT2D eigenvalue weighted by Gasteiger charge is 2.17. The number of hydrogen-bond donors (Lipinski definition) is 2. The number of nitrogens with zero attached hydrogens (tertiary/aromatic N) is 3.